The van der Waals surface area contributed by atoms with Crippen LogP contribution in [0.5, 0.6) is 17.2 Å². The Balaban J connectivity index is 2.30. The molecule has 0 spiro atoms. The maximum Gasteiger partial charge on any atom is 0.266 e. The van der Waals surface area contributed by atoms with Crippen LogP contribution < -0.4 is 19.8 Å². The normalized spacial score (nSPS) is 10.2. The van der Waals surface area contributed by atoms with Crippen molar-refractivity contribution in [2.24, 2.45) is 0 Å². The van der Waals surface area contributed by atoms with Crippen LogP contribution in [-0.4, -0.2) is 26.3 Å². The fraction of sp³-hybridized carbons (Fsp3) is 0.182. The average molecular weight is 376 g/mol. The molecular formula is C22H20N2O4. The maximum atomic E-state index is 12.6. The Hall–Kier alpha value is -3.72. The standard InChI is InChI=1S/C22H20N2O4/c1-13-6-5-7-14(8-13)18-11-16(17(12-23)22(25)24-18)15-9-19(26-2)21(28-4)20(10-15)27-3/h5-11H,1-4H3,(H,24,25). The predicted molar refractivity (Wildman–Crippen MR) is 107 cm³/mol. The monoisotopic (exact) mass is 376 g/mol. The number of benzene rings is 2. The number of aromatic amines is 1. The highest BCUT2D eigenvalue weighted by atomic mass is 16.5. The Morgan fingerprint density at radius 2 is 1.61 bits per heavy atom. The van der Waals surface area contributed by atoms with E-state index in [1.165, 1.54) is 21.3 Å². The molecule has 1 heterocycles. The molecule has 6 heteroatoms. The number of nitrogens with one attached hydrogen (secondary N) is 1. The zero-order valence-corrected chi connectivity index (χ0v) is 16.1. The average Bonchev–Trinajstić information content (AvgIpc) is 2.71. The minimum atomic E-state index is -0.453. The van der Waals surface area contributed by atoms with Gasteiger partial charge in [0.1, 0.15) is 11.6 Å². The van der Waals surface area contributed by atoms with Crippen LogP contribution in [0.3, 0.4) is 0 Å². The van der Waals surface area contributed by atoms with E-state index < -0.39 is 5.56 Å². The highest BCUT2D eigenvalue weighted by Gasteiger charge is 2.18. The molecule has 0 bridgehead atoms. The molecule has 0 unspecified atom stereocenters. The first-order valence-electron chi connectivity index (χ1n) is 8.57. The van der Waals surface area contributed by atoms with Gasteiger partial charge in [0.15, 0.2) is 11.5 Å². The molecule has 3 aromatic rings. The lowest BCUT2D eigenvalue weighted by Crippen LogP contribution is -2.12. The van der Waals surface area contributed by atoms with Gasteiger partial charge in [-0.15, -0.1) is 0 Å². The van der Waals surface area contributed by atoms with Gasteiger partial charge < -0.3 is 19.2 Å². The van der Waals surface area contributed by atoms with Crippen molar-refractivity contribution in [3.63, 3.8) is 0 Å². The zero-order chi connectivity index (χ0) is 20.3. The molecule has 28 heavy (non-hydrogen) atoms. The number of nitrogens with zero attached hydrogens (tertiary/aromatic N) is 1. The lowest BCUT2D eigenvalue weighted by atomic mass is 9.98. The lowest BCUT2D eigenvalue weighted by molar-refractivity contribution is 0.324. The summed E-state index contributed by atoms with van der Waals surface area (Å²) >= 11 is 0. The number of rotatable bonds is 5. The molecule has 2 aromatic carbocycles. The van der Waals surface area contributed by atoms with Crippen molar-refractivity contribution < 1.29 is 14.2 Å². The van der Waals surface area contributed by atoms with E-state index in [4.69, 9.17) is 14.2 Å². The number of hydrogen-bond donors (Lipinski definition) is 1. The van der Waals surface area contributed by atoms with Gasteiger partial charge in [-0.25, -0.2) is 0 Å². The largest absolute Gasteiger partial charge is 0.493 e. The van der Waals surface area contributed by atoms with Crippen LogP contribution in [0.1, 0.15) is 11.1 Å². The molecule has 1 aromatic heterocycles. The minimum absolute atomic E-state index is 0.0191. The first-order valence-corrected chi connectivity index (χ1v) is 8.57. The quantitative estimate of drug-likeness (QED) is 0.730. The van der Waals surface area contributed by atoms with E-state index in [1.54, 1.807) is 18.2 Å². The number of aromatic nitrogens is 1. The molecule has 0 amide bonds. The van der Waals surface area contributed by atoms with E-state index in [9.17, 15) is 10.1 Å². The fourth-order valence-corrected chi connectivity index (χ4v) is 3.10. The zero-order valence-electron chi connectivity index (χ0n) is 16.1. The first kappa shape index (κ1) is 19.1. The Morgan fingerprint density at radius 3 is 2.14 bits per heavy atom. The molecule has 0 saturated carbocycles. The summed E-state index contributed by atoms with van der Waals surface area (Å²) in [5.74, 6) is 1.33. The maximum absolute atomic E-state index is 12.6. The molecule has 0 radical (unpaired) electrons. The number of hydrogen-bond acceptors (Lipinski definition) is 5. The molecule has 0 aliphatic carbocycles. The van der Waals surface area contributed by atoms with Gasteiger partial charge in [0.25, 0.3) is 5.56 Å². The van der Waals surface area contributed by atoms with Crippen LogP contribution in [0.4, 0.5) is 0 Å². The summed E-state index contributed by atoms with van der Waals surface area (Å²) in [7, 11) is 4.55. The van der Waals surface area contributed by atoms with Crippen LogP contribution in [0.2, 0.25) is 0 Å². The number of H-pyrrole nitrogens is 1. The van der Waals surface area contributed by atoms with Crippen molar-refractivity contribution in [3.05, 3.63) is 63.9 Å². The van der Waals surface area contributed by atoms with Gasteiger partial charge in [-0.3, -0.25) is 4.79 Å². The molecular weight excluding hydrogens is 356 g/mol. The van der Waals surface area contributed by atoms with E-state index in [0.717, 1.165) is 11.1 Å². The SMILES string of the molecule is COc1cc(-c2cc(-c3cccc(C)c3)[nH]c(=O)c2C#N)cc(OC)c1OC. The second-order valence-corrected chi connectivity index (χ2v) is 6.20. The molecule has 3 rings (SSSR count). The predicted octanol–water partition coefficient (Wildman–Crippen LogP) is 3.91. The summed E-state index contributed by atoms with van der Waals surface area (Å²) in [6.07, 6.45) is 0. The number of pyridine rings is 1. The summed E-state index contributed by atoms with van der Waals surface area (Å²) < 4.78 is 16.2. The van der Waals surface area contributed by atoms with Crippen molar-refractivity contribution in [3.8, 4) is 45.7 Å². The van der Waals surface area contributed by atoms with Gasteiger partial charge in [-0.1, -0.05) is 23.8 Å². The molecule has 0 fully saturated rings. The van der Waals surface area contributed by atoms with E-state index in [2.05, 4.69) is 4.98 Å². The number of nitriles is 1. The van der Waals surface area contributed by atoms with Crippen LogP contribution in [0.15, 0.2) is 47.3 Å². The number of aryl methyl sites for hydroxylation is 1. The van der Waals surface area contributed by atoms with E-state index in [-0.39, 0.29) is 5.56 Å². The fourth-order valence-electron chi connectivity index (χ4n) is 3.10. The molecule has 0 saturated heterocycles. The van der Waals surface area contributed by atoms with Gasteiger partial charge in [0.05, 0.1) is 21.3 Å². The van der Waals surface area contributed by atoms with Crippen LogP contribution in [0, 0.1) is 18.3 Å². The summed E-state index contributed by atoms with van der Waals surface area (Å²) in [5, 5.41) is 9.56. The Kier molecular flexibility index (Phi) is 5.37. The Bertz CT molecular complexity index is 1100. The van der Waals surface area contributed by atoms with Crippen molar-refractivity contribution in [2.75, 3.05) is 21.3 Å². The van der Waals surface area contributed by atoms with Crippen LogP contribution in [-0.2, 0) is 0 Å². The lowest BCUT2D eigenvalue weighted by Gasteiger charge is -2.15. The third kappa shape index (κ3) is 3.42. The minimum Gasteiger partial charge on any atom is -0.493 e. The summed E-state index contributed by atoms with van der Waals surface area (Å²) in [4.78, 5) is 15.4. The number of methoxy groups -OCH3 is 3. The van der Waals surface area contributed by atoms with Gasteiger partial charge in [0.2, 0.25) is 5.75 Å². The van der Waals surface area contributed by atoms with E-state index >= 15 is 0 Å². The third-order valence-corrected chi connectivity index (χ3v) is 4.45. The summed E-state index contributed by atoms with van der Waals surface area (Å²) in [5.41, 5.74) is 3.22. The summed E-state index contributed by atoms with van der Waals surface area (Å²) in [6, 6.07) is 15.0. The van der Waals surface area contributed by atoms with Crippen molar-refractivity contribution in [2.45, 2.75) is 6.92 Å². The first-order chi connectivity index (χ1) is 13.5. The second-order valence-electron chi connectivity index (χ2n) is 6.20. The number of ether oxygens (including phenoxy) is 3. The van der Waals surface area contributed by atoms with Gasteiger partial charge >= 0.3 is 0 Å². The topological polar surface area (TPSA) is 84.3 Å². The molecule has 142 valence electrons. The third-order valence-electron chi connectivity index (χ3n) is 4.45. The molecule has 0 aliphatic heterocycles. The van der Waals surface area contributed by atoms with E-state index in [0.29, 0.717) is 34.1 Å². The highest BCUT2D eigenvalue weighted by Crippen LogP contribution is 2.41. The van der Waals surface area contributed by atoms with Crippen molar-refractivity contribution >= 4 is 0 Å². The van der Waals surface area contributed by atoms with Gasteiger partial charge in [-0.05, 0) is 42.3 Å². The van der Waals surface area contributed by atoms with Crippen molar-refractivity contribution in [1.82, 2.24) is 4.98 Å². The van der Waals surface area contributed by atoms with Crippen LogP contribution in [0.25, 0.3) is 22.4 Å². The molecule has 0 aliphatic rings. The smallest absolute Gasteiger partial charge is 0.266 e. The van der Waals surface area contributed by atoms with Gasteiger partial charge in [-0.2, -0.15) is 5.26 Å². The van der Waals surface area contributed by atoms with Crippen molar-refractivity contribution in [1.29, 1.82) is 5.26 Å². The molecule has 1 N–H and O–H groups in total. The van der Waals surface area contributed by atoms with E-state index in [1.807, 2.05) is 37.3 Å². The molecule has 0 atom stereocenters. The van der Waals surface area contributed by atoms with Gasteiger partial charge in [0, 0.05) is 11.3 Å². The summed E-state index contributed by atoms with van der Waals surface area (Å²) in [6.45, 7) is 1.98. The Morgan fingerprint density at radius 1 is 0.929 bits per heavy atom. The second kappa shape index (κ2) is 7.89. The van der Waals surface area contributed by atoms with Crippen LogP contribution >= 0.6 is 0 Å². The molecule has 6 nitrogen and oxygen atoms in total. The highest BCUT2D eigenvalue weighted by molar-refractivity contribution is 5.78. The Labute approximate surface area is 162 Å².